The molecule has 0 bridgehead atoms. The Bertz CT molecular complexity index is 443. The first-order chi connectivity index (χ1) is 8.95. The molecule has 104 valence electrons. The van der Waals surface area contributed by atoms with Crippen LogP contribution < -0.4 is 0 Å². The van der Waals surface area contributed by atoms with Gasteiger partial charge < -0.3 is 10.0 Å². The fraction of sp³-hybridized carbons (Fsp3) is 0.429. The van der Waals surface area contributed by atoms with Crippen LogP contribution in [-0.4, -0.2) is 32.9 Å². The largest absolute Gasteiger partial charge is 0.478 e. The number of rotatable bonds is 5. The number of carboxylic acids is 1. The molecule has 0 radical (unpaired) electrons. The fourth-order valence-corrected chi connectivity index (χ4v) is 3.18. The Morgan fingerprint density at radius 2 is 1.95 bits per heavy atom. The van der Waals surface area contributed by atoms with E-state index in [9.17, 15) is 4.79 Å². The number of benzene rings is 1. The molecule has 0 saturated carbocycles. The maximum Gasteiger partial charge on any atom is 0.335 e. The van der Waals surface area contributed by atoms with Crippen LogP contribution in [0.5, 0.6) is 0 Å². The summed E-state index contributed by atoms with van der Waals surface area (Å²) < 4.78 is 0.889. The van der Waals surface area contributed by atoms with E-state index in [1.165, 1.54) is 0 Å². The second-order valence-electron chi connectivity index (χ2n) is 4.44. The van der Waals surface area contributed by atoms with E-state index in [1.54, 1.807) is 23.9 Å². The van der Waals surface area contributed by atoms with E-state index >= 15 is 0 Å². The summed E-state index contributed by atoms with van der Waals surface area (Å²) in [5, 5.41) is 8.83. The molecule has 0 atom stereocenters. The highest BCUT2D eigenvalue weighted by molar-refractivity contribution is 8.22. The van der Waals surface area contributed by atoms with Crippen molar-refractivity contribution in [2.75, 3.05) is 6.54 Å². The number of carbonyl (C=O) groups is 1. The Labute approximate surface area is 124 Å². The summed E-state index contributed by atoms with van der Waals surface area (Å²) in [6.45, 7) is 7.24. The van der Waals surface area contributed by atoms with Crippen molar-refractivity contribution in [3.05, 3.63) is 35.4 Å². The summed E-state index contributed by atoms with van der Waals surface area (Å²) >= 11 is 7.03. The van der Waals surface area contributed by atoms with Crippen LogP contribution in [0.25, 0.3) is 0 Å². The van der Waals surface area contributed by atoms with Gasteiger partial charge >= 0.3 is 5.97 Å². The van der Waals surface area contributed by atoms with E-state index in [0.717, 1.165) is 22.2 Å². The van der Waals surface area contributed by atoms with E-state index in [4.69, 9.17) is 17.3 Å². The zero-order valence-electron chi connectivity index (χ0n) is 11.4. The quantitative estimate of drug-likeness (QED) is 0.840. The van der Waals surface area contributed by atoms with Gasteiger partial charge in [0.15, 0.2) is 0 Å². The van der Waals surface area contributed by atoms with Crippen LogP contribution in [-0.2, 0) is 5.75 Å². The maximum atomic E-state index is 10.7. The number of aromatic carboxylic acids is 1. The molecule has 0 aliphatic carbocycles. The van der Waals surface area contributed by atoms with E-state index in [2.05, 4.69) is 25.7 Å². The summed E-state index contributed by atoms with van der Waals surface area (Å²) in [5.74, 6) is -0.131. The molecule has 3 nitrogen and oxygen atoms in total. The van der Waals surface area contributed by atoms with E-state index in [1.807, 2.05) is 12.1 Å². The molecule has 0 unspecified atom stereocenters. The Hall–Kier alpha value is -1.07. The second-order valence-corrected chi connectivity index (χ2v) is 6.05. The second kappa shape index (κ2) is 7.50. The lowest BCUT2D eigenvalue weighted by Crippen LogP contribution is -2.33. The monoisotopic (exact) mass is 297 g/mol. The van der Waals surface area contributed by atoms with Gasteiger partial charge in [-0.1, -0.05) is 36.1 Å². The first-order valence-electron chi connectivity index (χ1n) is 6.21. The molecule has 1 rings (SSSR count). The maximum absolute atomic E-state index is 10.7. The third-order valence-corrected chi connectivity index (χ3v) is 4.31. The van der Waals surface area contributed by atoms with Crippen LogP contribution in [0.4, 0.5) is 0 Å². The lowest BCUT2D eigenvalue weighted by molar-refractivity contribution is 0.0697. The summed E-state index contributed by atoms with van der Waals surface area (Å²) in [4.78, 5) is 12.9. The van der Waals surface area contributed by atoms with Crippen molar-refractivity contribution in [3.8, 4) is 0 Å². The highest BCUT2D eigenvalue weighted by Crippen LogP contribution is 2.18. The highest BCUT2D eigenvalue weighted by Gasteiger charge is 2.11. The van der Waals surface area contributed by atoms with Gasteiger partial charge in [0.05, 0.1) is 5.56 Å². The third kappa shape index (κ3) is 4.84. The highest BCUT2D eigenvalue weighted by atomic mass is 32.2. The van der Waals surface area contributed by atoms with Crippen molar-refractivity contribution in [2.45, 2.75) is 32.6 Å². The predicted octanol–water partition coefficient (Wildman–Crippen LogP) is 3.63. The number of hydrogen-bond donors (Lipinski definition) is 1. The Morgan fingerprint density at radius 3 is 2.37 bits per heavy atom. The molecule has 0 amide bonds. The zero-order chi connectivity index (χ0) is 14.4. The van der Waals surface area contributed by atoms with Crippen molar-refractivity contribution in [3.63, 3.8) is 0 Å². The van der Waals surface area contributed by atoms with Gasteiger partial charge in [-0.15, -0.1) is 0 Å². The van der Waals surface area contributed by atoms with Crippen LogP contribution >= 0.6 is 24.0 Å². The van der Waals surface area contributed by atoms with Crippen LogP contribution in [0.15, 0.2) is 24.3 Å². The normalized spacial score (nSPS) is 10.5. The van der Waals surface area contributed by atoms with Gasteiger partial charge in [0.25, 0.3) is 0 Å². The molecular weight excluding hydrogens is 278 g/mol. The van der Waals surface area contributed by atoms with Crippen molar-refractivity contribution < 1.29 is 9.90 Å². The van der Waals surface area contributed by atoms with Crippen molar-refractivity contribution in [1.82, 2.24) is 4.90 Å². The number of carboxylic acid groups (broad SMARTS) is 1. The molecule has 1 aromatic carbocycles. The topological polar surface area (TPSA) is 40.5 Å². The predicted molar refractivity (Wildman–Crippen MR) is 84.8 cm³/mol. The average molecular weight is 297 g/mol. The van der Waals surface area contributed by atoms with Gasteiger partial charge in [-0.3, -0.25) is 0 Å². The third-order valence-electron chi connectivity index (χ3n) is 2.76. The zero-order valence-corrected chi connectivity index (χ0v) is 13.1. The van der Waals surface area contributed by atoms with E-state index in [-0.39, 0.29) is 0 Å². The van der Waals surface area contributed by atoms with Gasteiger partial charge in [0.2, 0.25) is 0 Å². The van der Waals surface area contributed by atoms with Gasteiger partial charge in [0, 0.05) is 18.3 Å². The molecule has 1 aromatic rings. The molecule has 19 heavy (non-hydrogen) atoms. The summed E-state index contributed by atoms with van der Waals surface area (Å²) in [7, 11) is 0. The van der Waals surface area contributed by atoms with Crippen LogP contribution in [0.2, 0.25) is 0 Å². The molecule has 1 N–H and O–H groups in total. The molecule has 0 heterocycles. The van der Waals surface area contributed by atoms with E-state index in [0.29, 0.717) is 11.6 Å². The molecule has 0 spiro atoms. The summed E-state index contributed by atoms with van der Waals surface area (Å²) in [5.41, 5.74) is 1.39. The molecule has 0 fully saturated rings. The van der Waals surface area contributed by atoms with Crippen molar-refractivity contribution >= 4 is 34.3 Å². The van der Waals surface area contributed by atoms with Gasteiger partial charge in [-0.2, -0.15) is 0 Å². The number of hydrogen-bond acceptors (Lipinski definition) is 3. The first-order valence-corrected chi connectivity index (χ1v) is 7.60. The average Bonchev–Trinajstić information content (AvgIpc) is 2.37. The minimum absolute atomic E-state index is 0.314. The SMILES string of the molecule is CCN(C(=S)SCc1ccc(C(=O)O)cc1)C(C)C. The molecular formula is C14H19NO2S2. The minimum Gasteiger partial charge on any atom is -0.478 e. The van der Waals surface area contributed by atoms with Gasteiger partial charge in [-0.05, 0) is 38.5 Å². The van der Waals surface area contributed by atoms with E-state index < -0.39 is 5.97 Å². The van der Waals surface area contributed by atoms with Crippen molar-refractivity contribution in [2.24, 2.45) is 0 Å². The summed E-state index contributed by atoms with van der Waals surface area (Å²) in [6.07, 6.45) is 0. The number of thiocarbonyl (C=S) groups is 1. The van der Waals surface area contributed by atoms with Crippen LogP contribution in [0.1, 0.15) is 36.7 Å². The Morgan fingerprint density at radius 1 is 1.37 bits per heavy atom. The lowest BCUT2D eigenvalue weighted by atomic mass is 10.1. The molecule has 0 aliphatic heterocycles. The standard InChI is InChI=1S/C14H19NO2S2/c1-4-15(10(2)3)14(18)19-9-11-5-7-12(8-6-11)13(16)17/h5-8,10H,4,9H2,1-3H3,(H,16,17). The minimum atomic E-state index is -0.897. The lowest BCUT2D eigenvalue weighted by Gasteiger charge is -2.27. The number of thioether (sulfide) groups is 1. The Balaban J connectivity index is 2.57. The first kappa shape index (κ1) is 16.0. The molecule has 0 saturated heterocycles. The van der Waals surface area contributed by atoms with Gasteiger partial charge in [0.1, 0.15) is 4.32 Å². The Kier molecular flexibility index (Phi) is 6.31. The van der Waals surface area contributed by atoms with Crippen LogP contribution in [0.3, 0.4) is 0 Å². The van der Waals surface area contributed by atoms with Gasteiger partial charge in [-0.25, -0.2) is 4.79 Å². The van der Waals surface area contributed by atoms with Crippen LogP contribution in [0, 0.1) is 0 Å². The fourth-order valence-electron chi connectivity index (χ4n) is 1.68. The summed E-state index contributed by atoms with van der Waals surface area (Å²) in [6, 6.07) is 7.33. The number of nitrogens with zero attached hydrogens (tertiary/aromatic N) is 1. The molecule has 5 heteroatoms. The smallest absolute Gasteiger partial charge is 0.335 e. The van der Waals surface area contributed by atoms with Crippen molar-refractivity contribution in [1.29, 1.82) is 0 Å². The molecule has 0 aromatic heterocycles. The molecule has 0 aliphatic rings.